The molecule has 3 aromatic carbocycles. The maximum atomic E-state index is 14.2. The second-order valence-corrected chi connectivity index (χ2v) is 29.4. The number of ether oxygens (including phenoxy) is 2. The number of pyridine rings is 1. The van der Waals surface area contributed by atoms with Crippen LogP contribution in [0, 0.1) is 29.1 Å². The summed E-state index contributed by atoms with van der Waals surface area (Å²) in [4.78, 5) is 129. The summed E-state index contributed by atoms with van der Waals surface area (Å²) < 4.78 is 15.7. The molecule has 26 heteroatoms. The van der Waals surface area contributed by atoms with E-state index in [1.165, 1.54) is 28.4 Å². The van der Waals surface area contributed by atoms with E-state index in [0.717, 1.165) is 90.0 Å². The third-order valence-corrected chi connectivity index (χ3v) is 20.6. The van der Waals surface area contributed by atoms with Crippen molar-refractivity contribution in [3.63, 3.8) is 0 Å². The number of fused-ring (bicyclic) bond motifs is 2. The Kier molecular flexibility index (Phi) is 20.8. The van der Waals surface area contributed by atoms with Gasteiger partial charge in [-0.2, -0.15) is 5.10 Å². The van der Waals surface area contributed by atoms with E-state index in [2.05, 4.69) is 50.7 Å². The quantitative estimate of drug-likeness (QED) is 0.0160. The second kappa shape index (κ2) is 29.3. The first-order valence-corrected chi connectivity index (χ1v) is 34.5. The average Bonchev–Trinajstić information content (AvgIpc) is 0.838. The van der Waals surface area contributed by atoms with Crippen LogP contribution in [0.2, 0.25) is 0 Å². The molecule has 0 spiro atoms. The van der Waals surface area contributed by atoms with Gasteiger partial charge in [0.15, 0.2) is 10.8 Å². The molecule has 25 nitrogen and oxygen atoms in total. The molecule has 4 atom stereocenters. The number of carboxylic acid groups (broad SMARTS) is 1. The van der Waals surface area contributed by atoms with Crippen LogP contribution in [0.3, 0.4) is 0 Å². The van der Waals surface area contributed by atoms with Gasteiger partial charge in [0.1, 0.15) is 18.7 Å². The maximum Gasteiger partial charge on any atom is 0.409 e. The Morgan fingerprint density at radius 1 is 0.827 bits per heavy atom. The molecule has 12 rings (SSSR count). The summed E-state index contributed by atoms with van der Waals surface area (Å²) in [5.74, 6) is -4.11. The van der Waals surface area contributed by atoms with Crippen LogP contribution in [-0.4, -0.2) is 146 Å². The predicted molar refractivity (Wildman–Crippen MR) is 370 cm³/mol. The number of primary amides is 1. The van der Waals surface area contributed by atoms with Crippen molar-refractivity contribution in [2.75, 3.05) is 55.8 Å². The molecule has 5 heterocycles. The van der Waals surface area contributed by atoms with Crippen LogP contribution in [0.15, 0.2) is 91.1 Å². The van der Waals surface area contributed by atoms with Crippen molar-refractivity contribution < 1.29 is 57.7 Å². The number of para-hydroxylation sites is 1. The number of aromatic carboxylic acids is 1. The zero-order valence-electron chi connectivity index (χ0n) is 56.3. The Morgan fingerprint density at radius 2 is 1.57 bits per heavy atom. The number of carboxylic acids is 1. The maximum absolute atomic E-state index is 14.2. The van der Waals surface area contributed by atoms with E-state index in [-0.39, 0.29) is 97.2 Å². The standard InChI is InChI=1S/C72H87N13O12S/c1-43(2)60(81-57(86)18-8-7-11-29-84-58(87)25-26-59(84)88)64(91)79-54(16-13-28-75-66(73)94)63(90)77-47-21-19-45(20-22-47)35-96-68(95)83(6)30-31-97-72-39-69(4)36-70(5,40-72)38-71(37-69,41-72)42-85-44(3)51(34-76-85)48-23-24-52(78-61(48)65(92)93)49-33-55-46(14-12-27-74-55)32-50(49)62(89)82-67-80-53-15-9-10-17-56(53)98-67/h9-10,15,17,19-26,32-34,43,54,60,74H,7-8,11-14,16,18,27-31,35-42H2,1-6H3,(H,77,90)(H,79,91)(H,81,86)(H,92,93)(H3,73,75,94)(H,80,82,89)/t54-,60-,69?,70?,71?,72?/m0/s1. The summed E-state index contributed by atoms with van der Waals surface area (Å²) in [6, 6.07) is 18.9. The van der Waals surface area contributed by atoms with Crippen LogP contribution in [0.1, 0.15) is 149 Å². The van der Waals surface area contributed by atoms with Gasteiger partial charge in [-0.1, -0.05) is 69.7 Å². The Hall–Kier alpha value is -9.56. The summed E-state index contributed by atoms with van der Waals surface area (Å²) in [7, 11) is 1.67. The number of benzene rings is 3. The number of carbonyl (C=O) groups is 9. The highest BCUT2D eigenvalue weighted by atomic mass is 32.1. The smallest absolute Gasteiger partial charge is 0.409 e. The highest BCUT2D eigenvalue weighted by Gasteiger charge is 2.66. The number of nitrogens with two attached hydrogens (primary N) is 1. The number of likely N-dealkylation sites (N-methyl/N-ethyl adjacent to an activating group) is 1. The Bertz CT molecular complexity index is 4040. The number of nitrogens with one attached hydrogen (secondary N) is 6. The second-order valence-electron chi connectivity index (χ2n) is 28.4. The summed E-state index contributed by atoms with van der Waals surface area (Å²) in [5.41, 5.74) is 11.3. The number of hydrogen-bond acceptors (Lipinski definition) is 16. The van der Waals surface area contributed by atoms with E-state index in [1.54, 1.807) is 63.5 Å². The summed E-state index contributed by atoms with van der Waals surface area (Å²) in [6.07, 6.45) is 13.0. The number of hydrogen-bond donors (Lipinski definition) is 8. The first-order valence-electron chi connectivity index (χ1n) is 33.7. The summed E-state index contributed by atoms with van der Waals surface area (Å²) >= 11 is 1.38. The van der Waals surface area contributed by atoms with Gasteiger partial charge < -0.3 is 51.8 Å². The fraction of sp³-hybridized carbons (Fsp3) is 0.472. The largest absolute Gasteiger partial charge is 0.476 e. The van der Waals surface area contributed by atoms with Crippen LogP contribution >= 0.6 is 11.3 Å². The number of carbonyl (C=O) groups excluding carboxylic acids is 8. The van der Waals surface area contributed by atoms with Gasteiger partial charge in [-0.3, -0.25) is 43.7 Å². The lowest BCUT2D eigenvalue weighted by molar-refractivity contribution is -0.248. The number of thiazole rings is 1. The minimum Gasteiger partial charge on any atom is -0.476 e. The number of aryl methyl sites for hydroxylation is 1. The number of amides is 9. The molecule has 2 unspecified atom stereocenters. The van der Waals surface area contributed by atoms with Gasteiger partial charge in [0, 0.05) is 97.7 Å². The molecule has 6 aliphatic rings. The monoisotopic (exact) mass is 1360 g/mol. The SMILES string of the molecule is Cc1c(-c2ccc(-c3cc4c(cc3C(=O)Nc3nc5ccccc5s3)CCCN4)nc2C(=O)O)cnn1CC12CC3(C)CC(C)(C1)CC(OCCN(C)C(=O)OCc1ccc(NC(=O)[C@H](CCCNC(N)=O)NC(=O)[C@@H](NC(=O)CCCCCN4C(=O)C=CC4=O)C(C)C)cc1)(C3)C2. The highest BCUT2D eigenvalue weighted by molar-refractivity contribution is 7.22. The minimum atomic E-state index is -1.21. The number of rotatable bonds is 29. The minimum absolute atomic E-state index is 0.00568. The Labute approximate surface area is 572 Å². The van der Waals surface area contributed by atoms with Crippen molar-refractivity contribution in [3.8, 4) is 22.4 Å². The van der Waals surface area contributed by atoms with E-state index in [4.69, 9.17) is 25.3 Å². The van der Waals surface area contributed by atoms with E-state index < -0.39 is 47.6 Å². The topological polar surface area (TPSA) is 341 Å². The average molecular weight is 1360 g/mol. The molecule has 3 aromatic heterocycles. The van der Waals surface area contributed by atoms with E-state index in [9.17, 15) is 48.3 Å². The van der Waals surface area contributed by atoms with Crippen LogP contribution < -0.4 is 37.6 Å². The molecule has 9 amide bonds. The molecule has 2 aliphatic heterocycles. The lowest BCUT2D eigenvalue weighted by atomic mass is 9.39. The molecule has 0 saturated heterocycles. The zero-order chi connectivity index (χ0) is 69.7. The number of imide groups is 1. The van der Waals surface area contributed by atoms with Crippen molar-refractivity contribution in [2.24, 2.45) is 27.9 Å². The number of aromatic nitrogens is 4. The molecule has 0 radical (unpaired) electrons. The van der Waals surface area contributed by atoms with E-state index >= 15 is 0 Å². The van der Waals surface area contributed by atoms with Gasteiger partial charge in [0.2, 0.25) is 17.7 Å². The number of anilines is 3. The zero-order valence-corrected chi connectivity index (χ0v) is 57.2. The van der Waals surface area contributed by atoms with Crippen LogP contribution in [0.4, 0.5) is 26.1 Å². The summed E-state index contributed by atoms with van der Waals surface area (Å²) in [6.45, 7) is 12.5. The molecule has 4 bridgehead atoms. The van der Waals surface area contributed by atoms with Crippen molar-refractivity contribution >= 4 is 91.6 Å². The van der Waals surface area contributed by atoms with Crippen molar-refractivity contribution in [1.82, 2.24) is 45.5 Å². The molecule has 9 N–H and O–H groups in total. The molecule has 4 fully saturated rings. The lowest BCUT2D eigenvalue weighted by Crippen LogP contribution is -2.64. The fourth-order valence-corrected chi connectivity index (χ4v) is 17.1. The van der Waals surface area contributed by atoms with Gasteiger partial charge in [0.05, 0.1) is 34.3 Å². The lowest BCUT2D eigenvalue weighted by Gasteiger charge is -2.69. The van der Waals surface area contributed by atoms with Crippen molar-refractivity contribution in [2.45, 2.75) is 155 Å². The molecule has 4 saturated carbocycles. The van der Waals surface area contributed by atoms with E-state index in [0.29, 0.717) is 76.6 Å². The highest BCUT2D eigenvalue weighted by Crippen LogP contribution is 2.72. The van der Waals surface area contributed by atoms with Crippen molar-refractivity contribution in [3.05, 3.63) is 119 Å². The fourth-order valence-electron chi connectivity index (χ4n) is 16.2. The number of unbranched alkanes of at least 4 members (excludes halogenated alkanes) is 2. The predicted octanol–water partition coefficient (Wildman–Crippen LogP) is 9.74. The number of urea groups is 1. The molecule has 518 valence electrons. The van der Waals surface area contributed by atoms with Gasteiger partial charge in [-0.15, -0.1) is 0 Å². The molecular formula is C72H87N13O12S. The molecular weight excluding hydrogens is 1270 g/mol. The van der Waals surface area contributed by atoms with Gasteiger partial charge in [-0.05, 0) is 166 Å². The molecule has 4 aliphatic carbocycles. The van der Waals surface area contributed by atoms with Gasteiger partial charge in [-0.25, -0.2) is 24.4 Å². The number of nitrogens with zero attached hydrogens (tertiary/aromatic N) is 6. The third kappa shape index (κ3) is 16.2. The van der Waals surface area contributed by atoms with Crippen LogP contribution in [-0.2, 0) is 53.0 Å². The Morgan fingerprint density at radius 3 is 2.29 bits per heavy atom. The molecule has 98 heavy (non-hydrogen) atoms. The Balaban J connectivity index is 0.682. The van der Waals surface area contributed by atoms with E-state index in [1.807, 2.05) is 48.0 Å². The normalized spacial score (nSPS) is 21.1. The molecule has 6 aromatic rings. The first-order chi connectivity index (χ1) is 46.8. The van der Waals surface area contributed by atoms with Crippen molar-refractivity contribution in [1.29, 1.82) is 0 Å². The van der Waals surface area contributed by atoms with Gasteiger partial charge in [0.25, 0.3) is 17.7 Å². The van der Waals surface area contributed by atoms with Gasteiger partial charge >= 0.3 is 18.1 Å². The first kappa shape index (κ1) is 69.8. The third-order valence-electron chi connectivity index (χ3n) is 19.6. The van der Waals surface area contributed by atoms with Crippen LogP contribution in [0.25, 0.3) is 32.6 Å². The summed E-state index contributed by atoms with van der Waals surface area (Å²) in [5, 5.41) is 33.6. The van der Waals surface area contributed by atoms with Crippen LogP contribution in [0.5, 0.6) is 0 Å².